The number of nitrogens with one attached hydrogen (secondary N) is 1. The summed E-state index contributed by atoms with van der Waals surface area (Å²) in [6.07, 6.45) is 1.65. The van der Waals surface area contributed by atoms with E-state index in [4.69, 9.17) is 5.84 Å². The Kier molecular flexibility index (Phi) is 3.41. The second-order valence-electron chi connectivity index (χ2n) is 2.91. The quantitative estimate of drug-likeness (QED) is 0.266. The van der Waals surface area contributed by atoms with Crippen LogP contribution in [0.1, 0.15) is 5.82 Å². The lowest BCUT2D eigenvalue weighted by Gasteiger charge is -2.19. The van der Waals surface area contributed by atoms with Gasteiger partial charge in [0, 0.05) is 21.1 Å². The van der Waals surface area contributed by atoms with Crippen LogP contribution in [0.25, 0.3) is 0 Å². The third kappa shape index (κ3) is 2.19. The highest BCUT2D eigenvalue weighted by atomic mass is 15.4. The van der Waals surface area contributed by atoms with E-state index in [1.54, 1.807) is 13.4 Å². The fraction of sp³-hybridized carbons (Fsp3) is 0.571. The van der Waals surface area contributed by atoms with Crippen molar-refractivity contribution >= 4 is 5.96 Å². The standard InChI is InChI=1S/C7H15N7/c1-9-7(11-8)13(2)4-6-12-10-5-14(6)3/h5H,4,8H2,1-3H3,(H,9,11). The van der Waals surface area contributed by atoms with Gasteiger partial charge in [0.25, 0.3) is 0 Å². The molecule has 7 nitrogen and oxygen atoms in total. The Bertz CT molecular complexity index is 316. The fourth-order valence-electron chi connectivity index (χ4n) is 1.08. The van der Waals surface area contributed by atoms with Gasteiger partial charge in [-0.25, -0.2) is 5.84 Å². The predicted octanol–water partition coefficient (Wildman–Crippen LogP) is -1.30. The first-order chi connectivity index (χ1) is 6.69. The number of hydrogen-bond acceptors (Lipinski definition) is 4. The van der Waals surface area contributed by atoms with Gasteiger partial charge in [-0.1, -0.05) is 0 Å². The molecule has 0 unspecified atom stereocenters. The lowest BCUT2D eigenvalue weighted by atomic mass is 10.5. The average molecular weight is 197 g/mol. The molecular formula is C7H15N7. The maximum absolute atomic E-state index is 5.29. The zero-order valence-electron chi connectivity index (χ0n) is 8.60. The molecule has 78 valence electrons. The summed E-state index contributed by atoms with van der Waals surface area (Å²) < 4.78 is 1.85. The van der Waals surface area contributed by atoms with Gasteiger partial charge >= 0.3 is 0 Å². The Hall–Kier alpha value is -1.63. The molecule has 0 saturated carbocycles. The minimum absolute atomic E-state index is 0.605. The number of aryl methyl sites for hydroxylation is 1. The number of nitrogens with two attached hydrogens (primary N) is 1. The van der Waals surface area contributed by atoms with Crippen molar-refractivity contribution in [2.24, 2.45) is 17.9 Å². The number of rotatable bonds is 2. The number of aliphatic imine (C=N–C) groups is 1. The number of hydrogen-bond donors (Lipinski definition) is 2. The first-order valence-corrected chi connectivity index (χ1v) is 4.16. The van der Waals surface area contributed by atoms with Crippen LogP contribution in [0, 0.1) is 0 Å². The van der Waals surface area contributed by atoms with E-state index in [1.807, 2.05) is 23.6 Å². The molecule has 0 atom stereocenters. The van der Waals surface area contributed by atoms with Gasteiger partial charge in [0.05, 0.1) is 6.54 Å². The van der Waals surface area contributed by atoms with Gasteiger partial charge in [0.15, 0.2) is 5.82 Å². The summed E-state index contributed by atoms with van der Waals surface area (Å²) in [4.78, 5) is 5.82. The highest BCUT2D eigenvalue weighted by Crippen LogP contribution is 1.97. The van der Waals surface area contributed by atoms with Crippen LogP contribution in [0.5, 0.6) is 0 Å². The lowest BCUT2D eigenvalue weighted by molar-refractivity contribution is 0.454. The molecule has 14 heavy (non-hydrogen) atoms. The van der Waals surface area contributed by atoms with Crippen LogP contribution in [0.4, 0.5) is 0 Å². The largest absolute Gasteiger partial charge is 0.337 e. The normalized spacial score (nSPS) is 11.6. The van der Waals surface area contributed by atoms with Gasteiger partial charge < -0.3 is 9.47 Å². The minimum Gasteiger partial charge on any atom is -0.337 e. The second kappa shape index (κ2) is 4.56. The van der Waals surface area contributed by atoms with E-state index < -0.39 is 0 Å². The Morgan fingerprint density at radius 1 is 1.79 bits per heavy atom. The Balaban J connectivity index is 2.65. The summed E-state index contributed by atoms with van der Waals surface area (Å²) in [6.45, 7) is 0.605. The van der Waals surface area contributed by atoms with Crippen molar-refractivity contribution in [2.75, 3.05) is 14.1 Å². The van der Waals surface area contributed by atoms with Crippen LogP contribution in [-0.4, -0.2) is 39.7 Å². The first kappa shape index (κ1) is 10.5. The van der Waals surface area contributed by atoms with E-state index in [-0.39, 0.29) is 0 Å². The van der Waals surface area contributed by atoms with Crippen LogP contribution in [0.15, 0.2) is 11.3 Å². The van der Waals surface area contributed by atoms with Crippen LogP contribution in [0.2, 0.25) is 0 Å². The summed E-state index contributed by atoms with van der Waals surface area (Å²) in [6, 6.07) is 0. The number of nitrogens with zero attached hydrogens (tertiary/aromatic N) is 5. The van der Waals surface area contributed by atoms with E-state index in [0.717, 1.165) is 5.82 Å². The van der Waals surface area contributed by atoms with Crippen molar-refractivity contribution in [1.29, 1.82) is 0 Å². The van der Waals surface area contributed by atoms with Gasteiger partial charge in [-0.15, -0.1) is 10.2 Å². The smallest absolute Gasteiger partial charge is 0.208 e. The zero-order chi connectivity index (χ0) is 10.6. The number of hydrazine groups is 1. The SMILES string of the molecule is CN=C(NN)N(C)Cc1nncn1C. The Morgan fingerprint density at radius 2 is 2.50 bits per heavy atom. The van der Waals surface area contributed by atoms with Crippen LogP contribution >= 0.6 is 0 Å². The predicted molar refractivity (Wildman–Crippen MR) is 53.2 cm³/mol. The van der Waals surface area contributed by atoms with Crippen molar-refractivity contribution in [1.82, 2.24) is 25.1 Å². The average Bonchev–Trinajstić information content (AvgIpc) is 2.54. The molecule has 1 rings (SSSR count). The Morgan fingerprint density at radius 3 is 2.93 bits per heavy atom. The monoisotopic (exact) mass is 197 g/mol. The van der Waals surface area contributed by atoms with Crippen molar-refractivity contribution < 1.29 is 0 Å². The summed E-state index contributed by atoms with van der Waals surface area (Å²) in [5.41, 5.74) is 2.50. The van der Waals surface area contributed by atoms with Crippen LogP contribution < -0.4 is 11.3 Å². The third-order valence-electron chi connectivity index (χ3n) is 1.89. The van der Waals surface area contributed by atoms with Crippen molar-refractivity contribution in [3.63, 3.8) is 0 Å². The highest BCUT2D eigenvalue weighted by Gasteiger charge is 2.08. The summed E-state index contributed by atoms with van der Waals surface area (Å²) in [7, 11) is 5.43. The summed E-state index contributed by atoms with van der Waals surface area (Å²) >= 11 is 0. The van der Waals surface area contributed by atoms with Gasteiger partial charge in [0.2, 0.25) is 5.96 Å². The molecular weight excluding hydrogens is 182 g/mol. The molecule has 0 bridgehead atoms. The molecule has 1 aromatic heterocycles. The van der Waals surface area contributed by atoms with E-state index >= 15 is 0 Å². The third-order valence-corrected chi connectivity index (χ3v) is 1.89. The summed E-state index contributed by atoms with van der Waals surface area (Å²) in [5.74, 6) is 6.74. The number of guanidine groups is 1. The molecule has 3 N–H and O–H groups in total. The molecule has 0 radical (unpaired) electrons. The van der Waals surface area contributed by atoms with Crippen molar-refractivity contribution in [3.8, 4) is 0 Å². The van der Waals surface area contributed by atoms with Crippen molar-refractivity contribution in [3.05, 3.63) is 12.2 Å². The van der Waals surface area contributed by atoms with Gasteiger partial charge in [0.1, 0.15) is 6.33 Å². The lowest BCUT2D eigenvalue weighted by Crippen LogP contribution is -2.42. The highest BCUT2D eigenvalue weighted by molar-refractivity contribution is 5.78. The molecule has 7 heteroatoms. The van der Waals surface area contributed by atoms with Crippen molar-refractivity contribution in [2.45, 2.75) is 6.54 Å². The summed E-state index contributed by atoms with van der Waals surface area (Å²) in [5, 5.41) is 7.73. The van der Waals surface area contributed by atoms with E-state index in [0.29, 0.717) is 12.5 Å². The van der Waals surface area contributed by atoms with E-state index in [2.05, 4.69) is 20.6 Å². The van der Waals surface area contributed by atoms with Crippen LogP contribution in [0.3, 0.4) is 0 Å². The molecule has 0 amide bonds. The topological polar surface area (TPSA) is 84.4 Å². The van der Waals surface area contributed by atoms with Gasteiger partial charge in [-0.3, -0.25) is 10.4 Å². The molecule has 1 heterocycles. The fourth-order valence-corrected chi connectivity index (χ4v) is 1.08. The van der Waals surface area contributed by atoms with Crippen LogP contribution in [-0.2, 0) is 13.6 Å². The zero-order valence-corrected chi connectivity index (χ0v) is 8.60. The molecule has 0 aromatic carbocycles. The maximum Gasteiger partial charge on any atom is 0.208 e. The molecule has 0 aliphatic heterocycles. The minimum atomic E-state index is 0.605. The van der Waals surface area contributed by atoms with Gasteiger partial charge in [-0.2, -0.15) is 0 Å². The second-order valence-corrected chi connectivity index (χ2v) is 2.91. The molecule has 0 spiro atoms. The molecule has 0 aliphatic rings. The van der Waals surface area contributed by atoms with Gasteiger partial charge in [-0.05, 0) is 0 Å². The first-order valence-electron chi connectivity index (χ1n) is 4.16. The Labute approximate surface area is 82.6 Å². The molecule has 0 saturated heterocycles. The maximum atomic E-state index is 5.29. The molecule has 0 fully saturated rings. The molecule has 0 aliphatic carbocycles. The molecule has 1 aromatic rings. The van der Waals surface area contributed by atoms with E-state index in [1.165, 1.54) is 0 Å². The van der Waals surface area contributed by atoms with E-state index in [9.17, 15) is 0 Å². The number of aromatic nitrogens is 3.